The van der Waals surface area contributed by atoms with Crippen molar-refractivity contribution in [2.24, 2.45) is 5.92 Å². The number of piperidine rings is 1. The average Bonchev–Trinajstić information content (AvgIpc) is 2.87. The van der Waals surface area contributed by atoms with Crippen LogP contribution in [0.3, 0.4) is 0 Å². The van der Waals surface area contributed by atoms with E-state index in [1.807, 2.05) is 24.3 Å². The predicted molar refractivity (Wildman–Crippen MR) is 132 cm³/mol. The fourth-order valence-electron chi connectivity index (χ4n) is 4.49. The van der Waals surface area contributed by atoms with E-state index < -0.39 is 10.0 Å². The van der Waals surface area contributed by atoms with E-state index in [4.69, 9.17) is 21.1 Å². The van der Waals surface area contributed by atoms with Crippen LogP contribution in [0.2, 0.25) is 5.02 Å². The molecule has 0 unspecified atom stereocenters. The highest BCUT2D eigenvalue weighted by molar-refractivity contribution is 7.92. The van der Waals surface area contributed by atoms with Gasteiger partial charge in [-0.2, -0.15) is 0 Å². The number of hydrogen-bond donors (Lipinski definition) is 0. The van der Waals surface area contributed by atoms with Gasteiger partial charge in [0.25, 0.3) is 15.9 Å². The van der Waals surface area contributed by atoms with Gasteiger partial charge in [0.2, 0.25) is 0 Å². The Morgan fingerprint density at radius 2 is 1.83 bits per heavy atom. The molecule has 0 bridgehead atoms. The van der Waals surface area contributed by atoms with E-state index in [2.05, 4.69) is 0 Å². The van der Waals surface area contributed by atoms with Gasteiger partial charge in [-0.15, -0.1) is 0 Å². The molecule has 0 spiro atoms. The van der Waals surface area contributed by atoms with Gasteiger partial charge >= 0.3 is 5.97 Å². The summed E-state index contributed by atoms with van der Waals surface area (Å²) in [6.45, 7) is 3.19. The van der Waals surface area contributed by atoms with Crippen LogP contribution in [0, 0.1) is 5.92 Å². The molecule has 1 saturated heterocycles. The zero-order valence-corrected chi connectivity index (χ0v) is 21.2. The summed E-state index contributed by atoms with van der Waals surface area (Å²) in [6, 6.07) is 11.8. The summed E-state index contributed by atoms with van der Waals surface area (Å²) >= 11 is 6.34. The van der Waals surface area contributed by atoms with Crippen LogP contribution in [-0.2, 0) is 30.8 Å². The van der Waals surface area contributed by atoms with Gasteiger partial charge in [-0.3, -0.25) is 13.9 Å². The summed E-state index contributed by atoms with van der Waals surface area (Å²) in [5.41, 5.74) is 1.69. The van der Waals surface area contributed by atoms with E-state index in [-0.39, 0.29) is 40.1 Å². The number of carbonyl (C=O) groups excluding carboxylic acids is 2. The lowest BCUT2D eigenvalue weighted by molar-refractivity contribution is -0.151. The molecule has 2 heterocycles. The number of sulfonamides is 1. The summed E-state index contributed by atoms with van der Waals surface area (Å²) in [5, 5.41) is 0.116. The van der Waals surface area contributed by atoms with Crippen LogP contribution in [0.4, 0.5) is 5.69 Å². The number of benzene rings is 2. The normalized spacial score (nSPS) is 16.5. The quantitative estimate of drug-likeness (QED) is 0.517. The van der Waals surface area contributed by atoms with Crippen molar-refractivity contribution in [3.63, 3.8) is 0 Å². The number of rotatable bonds is 7. The van der Waals surface area contributed by atoms with Crippen LogP contribution >= 0.6 is 11.6 Å². The molecule has 2 aliphatic rings. The van der Waals surface area contributed by atoms with E-state index in [0.29, 0.717) is 44.8 Å². The van der Waals surface area contributed by atoms with Gasteiger partial charge in [0.15, 0.2) is 6.61 Å². The molecular weight excluding hydrogens is 492 g/mol. The van der Waals surface area contributed by atoms with Gasteiger partial charge in [0, 0.05) is 19.6 Å². The van der Waals surface area contributed by atoms with Crippen molar-refractivity contribution in [2.75, 3.05) is 37.2 Å². The van der Waals surface area contributed by atoms with Crippen molar-refractivity contribution in [1.82, 2.24) is 4.90 Å². The lowest BCUT2D eigenvalue weighted by Crippen LogP contribution is -2.42. The lowest BCUT2D eigenvalue weighted by atomic mass is 9.97. The maximum absolute atomic E-state index is 13.3. The Labute approximate surface area is 210 Å². The third-order valence-corrected chi connectivity index (χ3v) is 8.48. The van der Waals surface area contributed by atoms with Gasteiger partial charge in [0.05, 0.1) is 28.1 Å². The first kappa shape index (κ1) is 25.3. The predicted octanol–water partition coefficient (Wildman–Crippen LogP) is 3.66. The van der Waals surface area contributed by atoms with Crippen molar-refractivity contribution >= 4 is 39.2 Å². The molecule has 4 rings (SSSR count). The first-order valence-electron chi connectivity index (χ1n) is 11.8. The van der Waals surface area contributed by atoms with Crippen molar-refractivity contribution in [2.45, 2.75) is 37.5 Å². The summed E-state index contributed by atoms with van der Waals surface area (Å²) in [7, 11) is -3.80. The maximum Gasteiger partial charge on any atom is 0.309 e. The van der Waals surface area contributed by atoms with E-state index in [1.165, 1.54) is 22.5 Å². The van der Waals surface area contributed by atoms with Crippen LogP contribution in [-0.4, -0.2) is 58.0 Å². The van der Waals surface area contributed by atoms with Crippen LogP contribution in [0.25, 0.3) is 0 Å². The van der Waals surface area contributed by atoms with Crippen LogP contribution < -0.4 is 9.04 Å². The number of para-hydroxylation sites is 1. The number of hydrogen-bond acceptors (Lipinski definition) is 6. The van der Waals surface area contributed by atoms with E-state index in [9.17, 15) is 18.0 Å². The number of amides is 1. The number of aryl methyl sites for hydroxylation is 1. The largest absolute Gasteiger partial charge is 0.482 e. The number of fused-ring (bicyclic) bond motifs is 1. The van der Waals surface area contributed by atoms with Gasteiger partial charge in [0.1, 0.15) is 5.75 Å². The second-order valence-corrected chi connectivity index (χ2v) is 10.9. The Morgan fingerprint density at radius 1 is 1.09 bits per heavy atom. The summed E-state index contributed by atoms with van der Waals surface area (Å²) in [6.07, 6.45) is 2.68. The van der Waals surface area contributed by atoms with Gasteiger partial charge in [-0.25, -0.2) is 8.42 Å². The van der Waals surface area contributed by atoms with Gasteiger partial charge in [-0.05, 0) is 62.4 Å². The molecule has 1 fully saturated rings. The van der Waals surface area contributed by atoms with Crippen LogP contribution in [0.5, 0.6) is 5.75 Å². The molecular formula is C25H29ClN2O6S. The smallest absolute Gasteiger partial charge is 0.309 e. The second kappa shape index (κ2) is 10.9. The Kier molecular flexibility index (Phi) is 7.86. The SMILES string of the molecule is CCOC(=O)C1CCN(C(=O)COc2ccc(S(=O)(=O)N3CCCc4ccccc43)cc2Cl)CC1. The molecule has 0 radical (unpaired) electrons. The molecule has 0 aliphatic carbocycles. The Bertz CT molecular complexity index is 1190. The second-order valence-electron chi connectivity index (χ2n) is 8.60. The topological polar surface area (TPSA) is 93.2 Å². The van der Waals surface area contributed by atoms with Gasteiger partial charge < -0.3 is 14.4 Å². The summed E-state index contributed by atoms with van der Waals surface area (Å²) < 4.78 is 38.8. The Morgan fingerprint density at radius 3 is 2.54 bits per heavy atom. The number of ether oxygens (including phenoxy) is 2. The maximum atomic E-state index is 13.3. The third kappa shape index (κ3) is 5.56. The number of likely N-dealkylation sites (tertiary alicyclic amines) is 1. The minimum atomic E-state index is -3.80. The average molecular weight is 521 g/mol. The minimum absolute atomic E-state index is 0.0684. The standard InChI is InChI=1S/C25H29ClN2O6S/c1-2-33-25(30)19-11-14-27(15-12-19)24(29)17-34-23-10-9-20(16-21(23)26)35(31,32)28-13-5-7-18-6-3-4-8-22(18)28/h3-4,6,8-10,16,19H,2,5,7,11-15,17H2,1H3. The monoisotopic (exact) mass is 520 g/mol. The van der Waals surface area contributed by atoms with Crippen molar-refractivity contribution in [3.05, 3.63) is 53.1 Å². The number of nitrogens with zero attached hydrogens (tertiary/aromatic N) is 2. The molecule has 35 heavy (non-hydrogen) atoms. The zero-order valence-electron chi connectivity index (χ0n) is 19.6. The fourth-order valence-corrected chi connectivity index (χ4v) is 6.36. The molecule has 1 amide bonds. The van der Waals surface area contributed by atoms with Crippen LogP contribution in [0.15, 0.2) is 47.4 Å². The molecule has 0 atom stereocenters. The molecule has 0 saturated carbocycles. The molecule has 2 aliphatic heterocycles. The minimum Gasteiger partial charge on any atom is -0.482 e. The Balaban J connectivity index is 1.38. The van der Waals surface area contributed by atoms with E-state index >= 15 is 0 Å². The first-order valence-corrected chi connectivity index (χ1v) is 13.6. The van der Waals surface area contributed by atoms with E-state index in [1.54, 1.807) is 11.8 Å². The number of halogens is 1. The fraction of sp³-hybridized carbons (Fsp3) is 0.440. The van der Waals surface area contributed by atoms with Crippen molar-refractivity contribution in [1.29, 1.82) is 0 Å². The molecule has 2 aromatic rings. The van der Waals surface area contributed by atoms with Crippen LogP contribution in [0.1, 0.15) is 31.7 Å². The number of esters is 1. The highest BCUT2D eigenvalue weighted by Gasteiger charge is 2.30. The Hall–Kier alpha value is -2.78. The summed E-state index contributed by atoms with van der Waals surface area (Å²) in [4.78, 5) is 26.2. The summed E-state index contributed by atoms with van der Waals surface area (Å²) in [5.74, 6) is -0.383. The molecule has 8 nitrogen and oxygen atoms in total. The first-order chi connectivity index (χ1) is 16.8. The van der Waals surface area contributed by atoms with Crippen molar-refractivity contribution < 1.29 is 27.5 Å². The van der Waals surface area contributed by atoms with Gasteiger partial charge in [-0.1, -0.05) is 29.8 Å². The molecule has 0 N–H and O–H groups in total. The number of anilines is 1. The highest BCUT2D eigenvalue weighted by atomic mass is 35.5. The lowest BCUT2D eigenvalue weighted by Gasteiger charge is -2.31. The zero-order chi connectivity index (χ0) is 25.0. The highest BCUT2D eigenvalue weighted by Crippen LogP contribution is 2.34. The number of carbonyl (C=O) groups is 2. The molecule has 2 aromatic carbocycles. The molecule has 188 valence electrons. The van der Waals surface area contributed by atoms with Crippen molar-refractivity contribution in [3.8, 4) is 5.75 Å². The third-order valence-electron chi connectivity index (χ3n) is 6.38. The molecule has 10 heteroatoms. The molecule has 0 aromatic heterocycles. The van der Waals surface area contributed by atoms with E-state index in [0.717, 1.165) is 18.4 Å².